The Labute approximate surface area is 85.2 Å². The molecule has 0 unspecified atom stereocenters. The average Bonchev–Trinajstić information content (AvgIpc) is 2.17. The van der Waals surface area contributed by atoms with Crippen LogP contribution in [-0.4, -0.2) is 33.2 Å². The monoisotopic (exact) mass is 195 g/mol. The molecule has 0 N–H and O–H groups in total. The van der Waals surface area contributed by atoms with Crippen molar-refractivity contribution >= 4 is 0 Å². The Kier molecular flexibility index (Phi) is 3.77. The third-order valence-corrected chi connectivity index (χ3v) is 1.98. The molecule has 14 heavy (non-hydrogen) atoms. The molecule has 1 rings (SSSR count). The Morgan fingerprint density at radius 1 is 1.14 bits per heavy atom. The first-order valence-corrected chi connectivity index (χ1v) is 4.53. The number of nitrogens with zero attached hydrogens (tertiary/aromatic N) is 1. The fourth-order valence-electron chi connectivity index (χ4n) is 1.32. The van der Waals surface area contributed by atoms with Crippen LogP contribution in [0.25, 0.3) is 0 Å². The summed E-state index contributed by atoms with van der Waals surface area (Å²) in [6, 6.07) is 5.87. The molecule has 0 saturated carbocycles. The van der Waals surface area contributed by atoms with E-state index in [0.717, 1.165) is 18.0 Å². The van der Waals surface area contributed by atoms with Gasteiger partial charge in [-0.3, -0.25) is 0 Å². The Bertz CT molecular complexity index is 297. The molecule has 0 bridgehead atoms. The minimum absolute atomic E-state index is 0.823. The minimum atomic E-state index is 0.823. The van der Waals surface area contributed by atoms with E-state index in [1.54, 1.807) is 14.2 Å². The van der Waals surface area contributed by atoms with Crippen LogP contribution in [0.2, 0.25) is 0 Å². The number of ether oxygens (including phenoxy) is 2. The summed E-state index contributed by atoms with van der Waals surface area (Å²) < 4.78 is 10.4. The zero-order valence-corrected chi connectivity index (χ0v) is 9.20. The maximum absolute atomic E-state index is 5.28. The maximum Gasteiger partial charge on any atom is 0.127 e. The zero-order valence-electron chi connectivity index (χ0n) is 9.20. The van der Waals surface area contributed by atoms with E-state index in [9.17, 15) is 0 Å². The fraction of sp³-hybridized carbons (Fsp3) is 0.455. The van der Waals surface area contributed by atoms with Crippen molar-refractivity contribution in [3.8, 4) is 11.5 Å². The van der Waals surface area contributed by atoms with Gasteiger partial charge in [0.2, 0.25) is 0 Å². The van der Waals surface area contributed by atoms with Gasteiger partial charge in [0.15, 0.2) is 0 Å². The molecular formula is C11H17NO2. The van der Waals surface area contributed by atoms with E-state index in [2.05, 4.69) is 4.90 Å². The van der Waals surface area contributed by atoms with Crippen molar-refractivity contribution in [2.24, 2.45) is 0 Å². The molecule has 0 radical (unpaired) electrons. The molecule has 1 aromatic rings. The maximum atomic E-state index is 5.28. The van der Waals surface area contributed by atoms with E-state index in [4.69, 9.17) is 9.47 Å². The molecule has 0 amide bonds. The lowest BCUT2D eigenvalue weighted by Crippen LogP contribution is -2.11. The molecule has 3 heteroatoms. The van der Waals surface area contributed by atoms with Gasteiger partial charge in [0.05, 0.1) is 14.2 Å². The van der Waals surface area contributed by atoms with Crippen LogP contribution in [0.1, 0.15) is 5.56 Å². The van der Waals surface area contributed by atoms with E-state index < -0.39 is 0 Å². The number of hydrogen-bond acceptors (Lipinski definition) is 3. The van der Waals surface area contributed by atoms with E-state index in [1.165, 1.54) is 5.56 Å². The zero-order chi connectivity index (χ0) is 10.6. The third kappa shape index (κ3) is 2.64. The SMILES string of the molecule is COc1ccc(CN(C)C)c(OC)c1. The van der Waals surface area contributed by atoms with Crippen LogP contribution < -0.4 is 9.47 Å². The van der Waals surface area contributed by atoms with E-state index in [-0.39, 0.29) is 0 Å². The van der Waals surface area contributed by atoms with Crippen molar-refractivity contribution in [2.45, 2.75) is 6.54 Å². The lowest BCUT2D eigenvalue weighted by atomic mass is 10.2. The Balaban J connectivity index is 2.93. The second-order valence-electron chi connectivity index (χ2n) is 3.42. The Hall–Kier alpha value is -1.22. The van der Waals surface area contributed by atoms with Crippen molar-refractivity contribution in [2.75, 3.05) is 28.3 Å². The molecule has 0 atom stereocenters. The summed E-state index contributed by atoms with van der Waals surface area (Å²) in [5, 5.41) is 0. The van der Waals surface area contributed by atoms with Gasteiger partial charge < -0.3 is 14.4 Å². The highest BCUT2D eigenvalue weighted by Crippen LogP contribution is 2.25. The molecular weight excluding hydrogens is 178 g/mol. The van der Waals surface area contributed by atoms with Crippen LogP contribution in [0, 0.1) is 0 Å². The van der Waals surface area contributed by atoms with E-state index >= 15 is 0 Å². The predicted octanol–water partition coefficient (Wildman–Crippen LogP) is 1.77. The normalized spacial score (nSPS) is 10.4. The van der Waals surface area contributed by atoms with Crippen LogP contribution in [0.3, 0.4) is 0 Å². The van der Waals surface area contributed by atoms with Crippen LogP contribution in [-0.2, 0) is 6.54 Å². The summed E-state index contributed by atoms with van der Waals surface area (Å²) in [4.78, 5) is 2.10. The van der Waals surface area contributed by atoms with Crippen LogP contribution >= 0.6 is 0 Å². The lowest BCUT2D eigenvalue weighted by Gasteiger charge is -2.14. The van der Waals surface area contributed by atoms with Gasteiger partial charge in [-0.1, -0.05) is 6.07 Å². The second kappa shape index (κ2) is 4.86. The van der Waals surface area contributed by atoms with Gasteiger partial charge in [0.25, 0.3) is 0 Å². The van der Waals surface area contributed by atoms with Crippen LogP contribution in [0.5, 0.6) is 11.5 Å². The number of benzene rings is 1. The smallest absolute Gasteiger partial charge is 0.127 e. The van der Waals surface area contributed by atoms with Gasteiger partial charge in [-0.25, -0.2) is 0 Å². The first kappa shape index (κ1) is 10.9. The van der Waals surface area contributed by atoms with Gasteiger partial charge in [-0.15, -0.1) is 0 Å². The fourth-order valence-corrected chi connectivity index (χ4v) is 1.32. The van der Waals surface area contributed by atoms with Gasteiger partial charge in [0, 0.05) is 18.2 Å². The van der Waals surface area contributed by atoms with E-state index in [0.29, 0.717) is 0 Å². The second-order valence-corrected chi connectivity index (χ2v) is 3.42. The van der Waals surface area contributed by atoms with Crippen LogP contribution in [0.4, 0.5) is 0 Å². The van der Waals surface area contributed by atoms with Crippen molar-refractivity contribution in [3.05, 3.63) is 23.8 Å². The molecule has 1 aromatic carbocycles. The van der Waals surface area contributed by atoms with Crippen molar-refractivity contribution in [1.82, 2.24) is 4.90 Å². The van der Waals surface area contributed by atoms with Gasteiger partial charge in [-0.2, -0.15) is 0 Å². The molecule has 0 spiro atoms. The van der Waals surface area contributed by atoms with E-state index in [1.807, 2.05) is 32.3 Å². The predicted molar refractivity (Wildman–Crippen MR) is 56.9 cm³/mol. The van der Waals surface area contributed by atoms with Crippen molar-refractivity contribution < 1.29 is 9.47 Å². The first-order valence-electron chi connectivity index (χ1n) is 4.53. The highest BCUT2D eigenvalue weighted by molar-refractivity contribution is 5.40. The van der Waals surface area contributed by atoms with Crippen molar-refractivity contribution in [1.29, 1.82) is 0 Å². The summed E-state index contributed by atoms with van der Waals surface area (Å²) in [5.41, 5.74) is 1.17. The van der Waals surface area contributed by atoms with Gasteiger partial charge >= 0.3 is 0 Å². The van der Waals surface area contributed by atoms with Crippen LogP contribution in [0.15, 0.2) is 18.2 Å². The molecule has 0 aromatic heterocycles. The molecule has 0 fully saturated rings. The highest BCUT2D eigenvalue weighted by atomic mass is 16.5. The summed E-state index contributed by atoms with van der Waals surface area (Å²) >= 11 is 0. The Morgan fingerprint density at radius 2 is 1.86 bits per heavy atom. The molecule has 0 aliphatic carbocycles. The average molecular weight is 195 g/mol. The van der Waals surface area contributed by atoms with Crippen molar-refractivity contribution in [3.63, 3.8) is 0 Å². The topological polar surface area (TPSA) is 21.7 Å². The number of hydrogen-bond donors (Lipinski definition) is 0. The summed E-state index contributed by atoms with van der Waals surface area (Å²) in [6.07, 6.45) is 0. The summed E-state index contributed by atoms with van der Waals surface area (Å²) in [6.45, 7) is 0.868. The lowest BCUT2D eigenvalue weighted by molar-refractivity contribution is 0.365. The largest absolute Gasteiger partial charge is 0.497 e. The quantitative estimate of drug-likeness (QED) is 0.730. The molecule has 78 valence electrons. The molecule has 0 aliphatic rings. The highest BCUT2D eigenvalue weighted by Gasteiger charge is 2.05. The summed E-state index contributed by atoms with van der Waals surface area (Å²) in [7, 11) is 7.39. The minimum Gasteiger partial charge on any atom is -0.497 e. The standard InChI is InChI=1S/C11H17NO2/c1-12(2)8-9-5-6-10(13-3)7-11(9)14-4/h5-7H,8H2,1-4H3. The van der Waals surface area contributed by atoms with Gasteiger partial charge in [0.1, 0.15) is 11.5 Å². The molecule has 0 saturated heterocycles. The molecule has 0 aliphatic heterocycles. The third-order valence-electron chi connectivity index (χ3n) is 1.98. The molecule has 0 heterocycles. The number of methoxy groups -OCH3 is 2. The number of rotatable bonds is 4. The first-order chi connectivity index (χ1) is 6.67. The van der Waals surface area contributed by atoms with Gasteiger partial charge in [-0.05, 0) is 20.2 Å². The summed E-state index contributed by atoms with van der Waals surface area (Å²) in [5.74, 6) is 1.70. The molecule has 3 nitrogen and oxygen atoms in total. The Morgan fingerprint density at radius 3 is 2.36 bits per heavy atom.